The molecule has 0 spiro atoms. The van der Waals surface area contributed by atoms with Gasteiger partial charge >= 0.3 is 0 Å². The zero-order valence-corrected chi connectivity index (χ0v) is 15.0. The number of anilines is 2. The van der Waals surface area contributed by atoms with Crippen LogP contribution in [0.2, 0.25) is 5.02 Å². The zero-order chi connectivity index (χ0) is 15.6. The minimum atomic E-state index is -3.71. The minimum Gasteiger partial charge on any atom is -0.398 e. The predicted molar refractivity (Wildman–Crippen MR) is 95.2 cm³/mol. The van der Waals surface area contributed by atoms with Crippen LogP contribution in [0, 0.1) is 3.57 Å². The Morgan fingerprint density at radius 1 is 1.24 bits per heavy atom. The second-order valence-electron chi connectivity index (χ2n) is 4.44. The normalized spacial score (nSPS) is 11.4. The lowest BCUT2D eigenvalue weighted by Crippen LogP contribution is -2.14. The summed E-state index contributed by atoms with van der Waals surface area (Å²) >= 11 is 8.15. The van der Waals surface area contributed by atoms with Crippen LogP contribution in [-0.4, -0.2) is 8.42 Å². The molecule has 21 heavy (non-hydrogen) atoms. The predicted octanol–water partition coefficient (Wildman–Crippen LogP) is 3.89. The summed E-state index contributed by atoms with van der Waals surface area (Å²) in [5, 5.41) is 0.351. The van der Waals surface area contributed by atoms with Crippen molar-refractivity contribution in [2.45, 2.75) is 18.2 Å². The summed E-state index contributed by atoms with van der Waals surface area (Å²) < 4.78 is 28.1. The summed E-state index contributed by atoms with van der Waals surface area (Å²) in [6.07, 6.45) is 0.753. The van der Waals surface area contributed by atoms with E-state index in [1.54, 1.807) is 24.3 Å². The molecular formula is C14H14ClIN2O2S. The molecule has 0 saturated heterocycles. The minimum absolute atomic E-state index is 0.117. The average molecular weight is 437 g/mol. The van der Waals surface area contributed by atoms with Crippen LogP contribution in [0.4, 0.5) is 11.4 Å². The highest BCUT2D eigenvalue weighted by atomic mass is 127. The fraction of sp³-hybridized carbons (Fsp3) is 0.143. The highest BCUT2D eigenvalue weighted by Gasteiger charge is 2.17. The van der Waals surface area contributed by atoms with E-state index in [9.17, 15) is 8.42 Å². The zero-order valence-electron chi connectivity index (χ0n) is 11.2. The van der Waals surface area contributed by atoms with Crippen molar-refractivity contribution >= 4 is 55.6 Å². The van der Waals surface area contributed by atoms with Crippen LogP contribution < -0.4 is 10.5 Å². The fourth-order valence-corrected chi connectivity index (χ4v) is 3.91. The molecule has 2 rings (SSSR count). The Labute approximate surface area is 142 Å². The maximum atomic E-state index is 12.4. The number of aryl methyl sites for hydroxylation is 1. The summed E-state index contributed by atoms with van der Waals surface area (Å²) in [5.74, 6) is 0. The van der Waals surface area contributed by atoms with Crippen LogP contribution in [0.3, 0.4) is 0 Å². The van der Waals surface area contributed by atoms with Gasteiger partial charge in [-0.15, -0.1) is 0 Å². The first-order chi connectivity index (χ1) is 9.83. The van der Waals surface area contributed by atoms with Gasteiger partial charge in [0.05, 0.1) is 15.6 Å². The second kappa shape index (κ2) is 6.41. The summed E-state index contributed by atoms with van der Waals surface area (Å²) in [7, 11) is -3.71. The van der Waals surface area contributed by atoms with Gasteiger partial charge < -0.3 is 5.73 Å². The molecule has 4 nitrogen and oxygen atoms in total. The van der Waals surface area contributed by atoms with Crippen molar-refractivity contribution in [2.75, 3.05) is 10.5 Å². The standard InChI is InChI=1S/C14H14ClIN2O2S/c1-2-9-3-5-11(8-13(9)17)21(19,20)18-14-6-4-10(16)7-12(14)15/h3-8,18H,2,17H2,1H3. The third-order valence-electron chi connectivity index (χ3n) is 2.98. The first kappa shape index (κ1) is 16.4. The van der Waals surface area contributed by atoms with Gasteiger partial charge in [-0.2, -0.15) is 0 Å². The number of halogens is 2. The summed E-state index contributed by atoms with van der Waals surface area (Å²) in [5.41, 5.74) is 7.58. The second-order valence-corrected chi connectivity index (χ2v) is 7.78. The quantitative estimate of drug-likeness (QED) is 0.564. The van der Waals surface area contributed by atoms with Crippen LogP contribution in [0.25, 0.3) is 0 Å². The molecule has 2 aromatic rings. The molecule has 0 saturated carbocycles. The Balaban J connectivity index is 2.36. The van der Waals surface area contributed by atoms with Crippen molar-refractivity contribution in [2.24, 2.45) is 0 Å². The van der Waals surface area contributed by atoms with Crippen molar-refractivity contribution in [3.8, 4) is 0 Å². The molecule has 0 radical (unpaired) electrons. The van der Waals surface area contributed by atoms with Crippen molar-refractivity contribution in [3.05, 3.63) is 50.6 Å². The number of nitrogens with two attached hydrogens (primary N) is 1. The van der Waals surface area contributed by atoms with Crippen molar-refractivity contribution in [1.82, 2.24) is 0 Å². The SMILES string of the molecule is CCc1ccc(S(=O)(=O)Nc2ccc(I)cc2Cl)cc1N. The van der Waals surface area contributed by atoms with Gasteiger partial charge in [-0.3, -0.25) is 4.72 Å². The Morgan fingerprint density at radius 3 is 2.52 bits per heavy atom. The average Bonchev–Trinajstić information content (AvgIpc) is 2.42. The smallest absolute Gasteiger partial charge is 0.262 e. The van der Waals surface area contributed by atoms with E-state index in [0.29, 0.717) is 16.4 Å². The summed E-state index contributed by atoms with van der Waals surface area (Å²) in [6, 6.07) is 9.82. The first-order valence-electron chi connectivity index (χ1n) is 6.19. The number of nitrogen functional groups attached to an aromatic ring is 1. The number of hydrogen-bond donors (Lipinski definition) is 2. The third kappa shape index (κ3) is 3.81. The van der Waals surface area contributed by atoms with E-state index in [4.69, 9.17) is 17.3 Å². The van der Waals surface area contributed by atoms with E-state index in [1.807, 2.05) is 6.92 Å². The molecule has 0 atom stereocenters. The molecule has 0 aliphatic carbocycles. The number of hydrogen-bond acceptors (Lipinski definition) is 3. The Morgan fingerprint density at radius 2 is 1.95 bits per heavy atom. The highest BCUT2D eigenvalue weighted by Crippen LogP contribution is 2.27. The highest BCUT2D eigenvalue weighted by molar-refractivity contribution is 14.1. The van der Waals surface area contributed by atoms with Crippen LogP contribution in [-0.2, 0) is 16.4 Å². The molecule has 2 aromatic carbocycles. The lowest BCUT2D eigenvalue weighted by molar-refractivity contribution is 0.601. The van der Waals surface area contributed by atoms with Gasteiger partial charge in [0.25, 0.3) is 10.0 Å². The molecule has 0 unspecified atom stereocenters. The number of nitrogens with one attached hydrogen (secondary N) is 1. The summed E-state index contributed by atoms with van der Waals surface area (Å²) in [6.45, 7) is 1.96. The maximum Gasteiger partial charge on any atom is 0.262 e. The molecule has 7 heteroatoms. The van der Waals surface area contributed by atoms with Gasteiger partial charge in [0.15, 0.2) is 0 Å². The van der Waals surface area contributed by atoms with Gasteiger partial charge in [0.1, 0.15) is 0 Å². The number of benzene rings is 2. The van der Waals surface area contributed by atoms with E-state index in [0.717, 1.165) is 15.6 Å². The third-order valence-corrected chi connectivity index (χ3v) is 5.33. The molecule has 0 aromatic heterocycles. The van der Waals surface area contributed by atoms with Crippen LogP contribution >= 0.6 is 34.2 Å². The molecule has 0 aliphatic rings. The van der Waals surface area contributed by atoms with Crippen molar-refractivity contribution in [3.63, 3.8) is 0 Å². The number of sulfonamides is 1. The Bertz CT molecular complexity index is 779. The topological polar surface area (TPSA) is 72.2 Å². The van der Waals surface area contributed by atoms with Gasteiger partial charge in [-0.25, -0.2) is 8.42 Å². The summed E-state index contributed by atoms with van der Waals surface area (Å²) in [4.78, 5) is 0.117. The molecule has 0 heterocycles. The van der Waals surface area contributed by atoms with Crippen LogP contribution in [0.15, 0.2) is 41.3 Å². The fourth-order valence-electron chi connectivity index (χ4n) is 1.84. The Hall–Kier alpha value is -0.990. The molecule has 3 N–H and O–H groups in total. The molecule has 0 fully saturated rings. The molecule has 112 valence electrons. The molecule has 0 aliphatic heterocycles. The van der Waals surface area contributed by atoms with E-state index >= 15 is 0 Å². The molecule has 0 bridgehead atoms. The van der Waals surface area contributed by atoms with Gasteiger partial charge in [0, 0.05) is 9.26 Å². The lowest BCUT2D eigenvalue weighted by Gasteiger charge is -2.11. The maximum absolute atomic E-state index is 12.4. The van der Waals surface area contributed by atoms with Crippen LogP contribution in [0.1, 0.15) is 12.5 Å². The van der Waals surface area contributed by atoms with E-state index in [2.05, 4.69) is 27.3 Å². The van der Waals surface area contributed by atoms with Gasteiger partial charge in [-0.1, -0.05) is 24.6 Å². The monoisotopic (exact) mass is 436 g/mol. The number of rotatable bonds is 4. The van der Waals surface area contributed by atoms with Crippen molar-refractivity contribution in [1.29, 1.82) is 0 Å². The lowest BCUT2D eigenvalue weighted by atomic mass is 10.1. The largest absolute Gasteiger partial charge is 0.398 e. The van der Waals surface area contributed by atoms with Gasteiger partial charge in [-0.05, 0) is 64.9 Å². The van der Waals surface area contributed by atoms with Crippen molar-refractivity contribution < 1.29 is 8.42 Å². The Kier molecular flexibility index (Phi) is 5.00. The van der Waals surface area contributed by atoms with Gasteiger partial charge in [0.2, 0.25) is 0 Å². The van der Waals surface area contributed by atoms with E-state index in [1.165, 1.54) is 12.1 Å². The van der Waals surface area contributed by atoms with Crippen LogP contribution in [0.5, 0.6) is 0 Å². The van der Waals surface area contributed by atoms with E-state index in [-0.39, 0.29) is 4.90 Å². The molecule has 0 amide bonds. The molecular weight excluding hydrogens is 423 g/mol. The first-order valence-corrected chi connectivity index (χ1v) is 9.13. The van der Waals surface area contributed by atoms with E-state index < -0.39 is 10.0 Å².